The van der Waals surface area contributed by atoms with E-state index in [-0.39, 0.29) is 24.5 Å². The number of carbonyl (C=O) groups excluding carboxylic acids is 2. The second-order valence-corrected chi connectivity index (χ2v) is 6.62. The number of hydrogen-bond acceptors (Lipinski definition) is 3. The molecule has 5 nitrogen and oxygen atoms in total. The van der Waals surface area contributed by atoms with Crippen molar-refractivity contribution >= 4 is 22.7 Å². The van der Waals surface area contributed by atoms with Gasteiger partial charge in [0, 0.05) is 13.0 Å². The number of rotatable bonds is 4. The summed E-state index contributed by atoms with van der Waals surface area (Å²) in [6.45, 7) is 0.712. The Morgan fingerprint density at radius 2 is 1.92 bits per heavy atom. The summed E-state index contributed by atoms with van der Waals surface area (Å²) in [5.74, 6) is -0.157. The van der Waals surface area contributed by atoms with E-state index in [1.165, 1.54) is 4.90 Å². The molecule has 0 unspecified atom stereocenters. The average molecular weight is 324 g/mol. The molecule has 2 aliphatic rings. The Kier molecular flexibility index (Phi) is 3.73. The fourth-order valence-electron chi connectivity index (χ4n) is 3.76. The van der Waals surface area contributed by atoms with E-state index in [9.17, 15) is 14.7 Å². The Labute approximate surface area is 140 Å². The van der Waals surface area contributed by atoms with Gasteiger partial charge in [-0.15, -0.1) is 0 Å². The number of aliphatic hydroxyl groups excluding tert-OH is 1. The summed E-state index contributed by atoms with van der Waals surface area (Å²) < 4.78 is 0. The third-order valence-corrected chi connectivity index (χ3v) is 4.96. The fraction of sp³-hybridized carbons (Fsp3) is 0.368. The molecule has 0 saturated carbocycles. The Morgan fingerprint density at radius 3 is 2.71 bits per heavy atom. The normalized spacial score (nSPS) is 21.6. The van der Waals surface area contributed by atoms with Crippen LogP contribution in [-0.2, 0) is 11.2 Å². The number of hydrogen-bond donors (Lipinski definition) is 1. The highest BCUT2D eigenvalue weighted by molar-refractivity contribution is 6.04. The first-order chi connectivity index (χ1) is 11.6. The predicted octanol–water partition coefficient (Wildman–Crippen LogP) is 2.17. The van der Waals surface area contributed by atoms with Crippen LogP contribution in [0.2, 0.25) is 0 Å². The molecule has 2 atom stereocenters. The van der Waals surface area contributed by atoms with Gasteiger partial charge in [-0.2, -0.15) is 0 Å². The Hall–Kier alpha value is -2.40. The molecule has 3 amide bonds. The van der Waals surface area contributed by atoms with Crippen molar-refractivity contribution in [3.8, 4) is 0 Å². The molecule has 0 spiro atoms. The van der Waals surface area contributed by atoms with Gasteiger partial charge in [-0.25, -0.2) is 4.79 Å². The molecule has 2 aliphatic heterocycles. The number of fused-ring (bicyclic) bond motifs is 2. The van der Waals surface area contributed by atoms with Crippen molar-refractivity contribution in [1.82, 2.24) is 9.80 Å². The smallest absolute Gasteiger partial charge is 0.327 e. The molecule has 0 aliphatic carbocycles. The molecule has 4 rings (SSSR count). The van der Waals surface area contributed by atoms with Crippen LogP contribution in [0.1, 0.15) is 18.4 Å². The van der Waals surface area contributed by atoms with E-state index in [1.54, 1.807) is 4.90 Å². The molecule has 2 aromatic rings. The first-order valence-corrected chi connectivity index (χ1v) is 8.41. The van der Waals surface area contributed by atoms with Gasteiger partial charge < -0.3 is 10.0 Å². The van der Waals surface area contributed by atoms with Crippen molar-refractivity contribution in [3.05, 3.63) is 48.0 Å². The highest BCUT2D eigenvalue weighted by Crippen LogP contribution is 2.27. The number of urea groups is 1. The van der Waals surface area contributed by atoms with Crippen molar-refractivity contribution in [3.63, 3.8) is 0 Å². The van der Waals surface area contributed by atoms with Gasteiger partial charge in [-0.3, -0.25) is 9.69 Å². The van der Waals surface area contributed by atoms with Crippen molar-refractivity contribution in [2.45, 2.75) is 31.4 Å². The minimum absolute atomic E-state index is 0.0670. The highest BCUT2D eigenvalue weighted by Gasteiger charge is 2.47. The van der Waals surface area contributed by atoms with Gasteiger partial charge in [-0.1, -0.05) is 42.5 Å². The largest absolute Gasteiger partial charge is 0.391 e. The molecule has 0 aromatic heterocycles. The highest BCUT2D eigenvalue weighted by atomic mass is 16.3. The molecule has 2 aromatic carbocycles. The molecule has 5 heteroatoms. The van der Waals surface area contributed by atoms with Gasteiger partial charge in [0.15, 0.2) is 0 Å². The molecule has 0 radical (unpaired) electrons. The number of amides is 3. The van der Waals surface area contributed by atoms with Gasteiger partial charge >= 0.3 is 6.03 Å². The third-order valence-electron chi connectivity index (χ3n) is 4.96. The molecular formula is C19H20N2O3. The topological polar surface area (TPSA) is 60.9 Å². The van der Waals surface area contributed by atoms with Gasteiger partial charge in [0.2, 0.25) is 0 Å². The predicted molar refractivity (Wildman–Crippen MR) is 90.5 cm³/mol. The second-order valence-electron chi connectivity index (χ2n) is 6.62. The van der Waals surface area contributed by atoms with Crippen LogP contribution in [0.15, 0.2) is 42.5 Å². The number of β-amino-alcohol motifs (C(OH)–C–C–N with tert-alkyl or cyclic N) is 1. The van der Waals surface area contributed by atoms with E-state index >= 15 is 0 Å². The third kappa shape index (κ3) is 2.55. The number of carbonyl (C=O) groups is 2. The molecule has 24 heavy (non-hydrogen) atoms. The number of nitrogens with zero attached hydrogens (tertiary/aromatic N) is 2. The minimum atomic E-state index is -0.751. The lowest BCUT2D eigenvalue weighted by Gasteiger charge is -2.19. The van der Waals surface area contributed by atoms with Crippen LogP contribution in [-0.4, -0.2) is 52.1 Å². The Balaban J connectivity index is 1.45. The van der Waals surface area contributed by atoms with Crippen molar-refractivity contribution in [2.75, 3.05) is 13.1 Å². The zero-order valence-electron chi connectivity index (χ0n) is 13.4. The summed E-state index contributed by atoms with van der Waals surface area (Å²) in [5.41, 5.74) is 1.00. The summed E-state index contributed by atoms with van der Waals surface area (Å²) in [6, 6.07) is 13.6. The number of benzene rings is 2. The van der Waals surface area contributed by atoms with Crippen molar-refractivity contribution < 1.29 is 14.7 Å². The standard InChI is InChI=1S/C19H20N2O3/c22-16(11-13-7-8-14-4-1-2-5-15(14)10-13)12-21-18(23)17-6-3-9-20(17)19(21)24/h1-2,4-5,7-8,10,16-17,22H,3,6,9,11-12H2/t16-,17-/m1/s1. The average Bonchev–Trinajstić information content (AvgIpc) is 3.15. The van der Waals surface area contributed by atoms with Crippen molar-refractivity contribution in [1.29, 1.82) is 0 Å². The SMILES string of the molecule is O=C1[C@H]2CCCN2C(=O)N1C[C@H](O)Cc1ccc2ccccc2c1. The van der Waals surface area contributed by atoms with Crippen LogP contribution in [0, 0.1) is 0 Å². The summed E-state index contributed by atoms with van der Waals surface area (Å²) in [5, 5.41) is 12.6. The first-order valence-electron chi connectivity index (χ1n) is 8.41. The van der Waals surface area contributed by atoms with Gasteiger partial charge in [0.1, 0.15) is 6.04 Å². The summed E-state index contributed by atoms with van der Waals surface area (Å²) in [4.78, 5) is 27.4. The van der Waals surface area contributed by atoms with E-state index in [0.29, 0.717) is 13.0 Å². The fourth-order valence-corrected chi connectivity index (χ4v) is 3.76. The second kappa shape index (κ2) is 5.91. The molecule has 124 valence electrons. The maximum atomic E-state index is 12.3. The van der Waals surface area contributed by atoms with Crippen molar-refractivity contribution in [2.24, 2.45) is 0 Å². The lowest BCUT2D eigenvalue weighted by Crippen LogP contribution is -2.39. The molecule has 2 fully saturated rings. The lowest BCUT2D eigenvalue weighted by molar-refractivity contribution is -0.128. The molecular weight excluding hydrogens is 304 g/mol. The van der Waals surface area contributed by atoms with E-state index in [2.05, 4.69) is 0 Å². The summed E-state index contributed by atoms with van der Waals surface area (Å²) >= 11 is 0. The Morgan fingerprint density at radius 1 is 1.12 bits per heavy atom. The van der Waals surface area contributed by atoms with E-state index in [0.717, 1.165) is 29.2 Å². The lowest BCUT2D eigenvalue weighted by atomic mass is 10.0. The maximum Gasteiger partial charge on any atom is 0.327 e. The Bertz CT molecular complexity index is 782. The zero-order chi connectivity index (χ0) is 16.7. The van der Waals surface area contributed by atoms with Crippen LogP contribution in [0.5, 0.6) is 0 Å². The minimum Gasteiger partial charge on any atom is -0.391 e. The van der Waals surface area contributed by atoms with Crippen LogP contribution in [0.4, 0.5) is 4.79 Å². The number of imide groups is 1. The van der Waals surface area contributed by atoms with Crippen LogP contribution in [0.3, 0.4) is 0 Å². The summed E-state index contributed by atoms with van der Waals surface area (Å²) in [7, 11) is 0. The van der Waals surface area contributed by atoms with Crippen LogP contribution in [0.25, 0.3) is 10.8 Å². The molecule has 2 heterocycles. The van der Waals surface area contributed by atoms with Crippen LogP contribution >= 0.6 is 0 Å². The van der Waals surface area contributed by atoms with Crippen LogP contribution < -0.4 is 0 Å². The summed E-state index contributed by atoms with van der Waals surface area (Å²) in [6.07, 6.45) is 1.29. The maximum absolute atomic E-state index is 12.3. The number of aliphatic hydroxyl groups is 1. The molecule has 2 saturated heterocycles. The quantitative estimate of drug-likeness (QED) is 0.877. The van der Waals surface area contributed by atoms with Gasteiger partial charge in [0.05, 0.1) is 12.6 Å². The first kappa shape index (κ1) is 15.1. The van der Waals surface area contributed by atoms with E-state index in [1.807, 2.05) is 42.5 Å². The van der Waals surface area contributed by atoms with Gasteiger partial charge in [-0.05, 0) is 29.2 Å². The molecule has 0 bridgehead atoms. The van der Waals surface area contributed by atoms with Gasteiger partial charge in [0.25, 0.3) is 5.91 Å². The zero-order valence-corrected chi connectivity index (χ0v) is 13.4. The molecule has 1 N–H and O–H groups in total. The monoisotopic (exact) mass is 324 g/mol. The van der Waals surface area contributed by atoms with E-state index in [4.69, 9.17) is 0 Å². The van der Waals surface area contributed by atoms with E-state index < -0.39 is 6.10 Å².